The molecule has 0 spiro atoms. The quantitative estimate of drug-likeness (QED) is 0.791. The van der Waals surface area contributed by atoms with Crippen molar-refractivity contribution < 1.29 is 19.1 Å². The minimum absolute atomic E-state index is 0.0763. The molecule has 112 valence electrons. The summed E-state index contributed by atoms with van der Waals surface area (Å²) in [7, 11) is 0. The third kappa shape index (κ3) is 4.48. The molecule has 0 aliphatic heterocycles. The summed E-state index contributed by atoms with van der Waals surface area (Å²) in [4.78, 5) is 29.9. The number of hydrogen-bond donors (Lipinski definition) is 2. The largest absolute Gasteiger partial charge is 0.457 e. The zero-order chi connectivity index (χ0) is 15.1. The molecule has 2 rings (SSSR count). The molecule has 0 aliphatic carbocycles. The molecular formula is C14H17N3O4. The van der Waals surface area contributed by atoms with E-state index in [4.69, 9.17) is 4.74 Å². The van der Waals surface area contributed by atoms with Gasteiger partial charge in [-0.3, -0.25) is 4.79 Å². The van der Waals surface area contributed by atoms with Gasteiger partial charge in [0.15, 0.2) is 0 Å². The highest BCUT2D eigenvalue weighted by Crippen LogP contribution is 2.10. The van der Waals surface area contributed by atoms with Gasteiger partial charge < -0.3 is 19.8 Å². The average molecular weight is 291 g/mol. The minimum atomic E-state index is -0.539. The number of amides is 1. The van der Waals surface area contributed by atoms with Crippen LogP contribution >= 0.6 is 0 Å². The van der Waals surface area contributed by atoms with Gasteiger partial charge in [-0.05, 0) is 19.1 Å². The van der Waals surface area contributed by atoms with Crippen molar-refractivity contribution in [3.8, 4) is 0 Å². The summed E-state index contributed by atoms with van der Waals surface area (Å²) in [5, 5.41) is 2.45. The van der Waals surface area contributed by atoms with Crippen molar-refractivity contribution >= 4 is 23.1 Å². The number of hydrogen-bond acceptors (Lipinski definition) is 5. The fourth-order valence-electron chi connectivity index (χ4n) is 1.74. The molecule has 0 radical (unpaired) electrons. The van der Waals surface area contributed by atoms with Crippen LogP contribution in [0.25, 0.3) is 11.0 Å². The Hall–Kier alpha value is -2.57. The van der Waals surface area contributed by atoms with Crippen LogP contribution in [-0.2, 0) is 20.9 Å². The van der Waals surface area contributed by atoms with E-state index >= 15 is 0 Å². The molecule has 1 amide bonds. The number of ether oxygens (including phenoxy) is 2. The Balaban J connectivity index is 1.72. The number of rotatable bonds is 6. The van der Waals surface area contributed by atoms with Gasteiger partial charge in [-0.2, -0.15) is 0 Å². The smallest absolute Gasteiger partial charge is 0.407 e. The number of benzene rings is 1. The Labute approximate surface area is 121 Å². The first-order valence-corrected chi connectivity index (χ1v) is 6.69. The molecule has 0 atom stereocenters. The number of alkyl carbamates (subject to hydrolysis) is 1. The van der Waals surface area contributed by atoms with Crippen LogP contribution < -0.4 is 5.32 Å². The number of H-pyrrole nitrogens is 1. The average Bonchev–Trinajstić information content (AvgIpc) is 2.88. The normalized spacial score (nSPS) is 10.3. The second kappa shape index (κ2) is 7.28. The predicted molar refractivity (Wildman–Crippen MR) is 75.5 cm³/mol. The van der Waals surface area contributed by atoms with Gasteiger partial charge >= 0.3 is 12.1 Å². The van der Waals surface area contributed by atoms with Gasteiger partial charge in [-0.25, -0.2) is 9.78 Å². The number of nitrogens with zero attached hydrogens (tertiary/aromatic N) is 1. The molecule has 0 bridgehead atoms. The summed E-state index contributed by atoms with van der Waals surface area (Å²) in [6, 6.07) is 7.56. The fourth-order valence-corrected chi connectivity index (χ4v) is 1.74. The van der Waals surface area contributed by atoms with E-state index in [9.17, 15) is 9.59 Å². The van der Waals surface area contributed by atoms with Crippen LogP contribution in [0.4, 0.5) is 4.79 Å². The van der Waals surface area contributed by atoms with Crippen molar-refractivity contribution in [2.45, 2.75) is 20.0 Å². The van der Waals surface area contributed by atoms with Crippen LogP contribution in [0.15, 0.2) is 24.3 Å². The molecule has 0 saturated carbocycles. The van der Waals surface area contributed by atoms with Crippen molar-refractivity contribution in [2.75, 3.05) is 13.2 Å². The molecule has 0 saturated heterocycles. The lowest BCUT2D eigenvalue weighted by atomic mass is 10.3. The maximum absolute atomic E-state index is 11.5. The zero-order valence-corrected chi connectivity index (χ0v) is 11.7. The summed E-state index contributed by atoms with van der Waals surface area (Å²) in [6.07, 6.45) is -0.457. The molecule has 7 heteroatoms. The fraction of sp³-hybridized carbons (Fsp3) is 0.357. The van der Waals surface area contributed by atoms with Gasteiger partial charge in [-0.15, -0.1) is 0 Å². The number of aromatic nitrogens is 2. The molecule has 7 nitrogen and oxygen atoms in total. The Morgan fingerprint density at radius 1 is 1.29 bits per heavy atom. The second-order valence-corrected chi connectivity index (χ2v) is 4.26. The lowest BCUT2D eigenvalue weighted by molar-refractivity contribution is -0.145. The van der Waals surface area contributed by atoms with Gasteiger partial charge in [0.25, 0.3) is 0 Å². The van der Waals surface area contributed by atoms with Gasteiger partial charge in [0, 0.05) is 6.54 Å². The van der Waals surface area contributed by atoms with E-state index in [0.717, 1.165) is 11.0 Å². The number of carbonyl (C=O) groups excluding carboxylic acids is 2. The van der Waals surface area contributed by atoms with Crippen molar-refractivity contribution in [3.05, 3.63) is 30.1 Å². The maximum Gasteiger partial charge on any atom is 0.407 e. The predicted octanol–water partition coefficient (Wildman–Crippen LogP) is 1.74. The van der Waals surface area contributed by atoms with Gasteiger partial charge in [-0.1, -0.05) is 12.1 Å². The maximum atomic E-state index is 11.5. The summed E-state index contributed by atoms with van der Waals surface area (Å²) < 4.78 is 9.74. The first-order chi connectivity index (χ1) is 10.2. The van der Waals surface area contributed by atoms with E-state index in [1.807, 2.05) is 24.3 Å². The summed E-state index contributed by atoms with van der Waals surface area (Å²) in [5.41, 5.74) is 1.72. The van der Waals surface area contributed by atoms with E-state index in [0.29, 0.717) is 12.4 Å². The van der Waals surface area contributed by atoms with Crippen molar-refractivity contribution in [1.82, 2.24) is 15.3 Å². The van der Waals surface area contributed by atoms with Crippen LogP contribution in [0.3, 0.4) is 0 Å². The van der Waals surface area contributed by atoms with Crippen LogP contribution in [0.1, 0.15) is 19.2 Å². The Morgan fingerprint density at radius 2 is 2.10 bits per heavy atom. The van der Waals surface area contributed by atoms with Crippen molar-refractivity contribution in [1.29, 1.82) is 0 Å². The Kier molecular flexibility index (Phi) is 5.14. The van der Waals surface area contributed by atoms with Crippen LogP contribution in [-0.4, -0.2) is 35.2 Å². The number of carbonyl (C=O) groups is 2. The molecule has 1 aromatic heterocycles. The number of imidazole rings is 1. The zero-order valence-electron chi connectivity index (χ0n) is 11.7. The number of nitrogens with one attached hydrogen (secondary N) is 2. The van der Waals surface area contributed by atoms with E-state index in [-0.39, 0.29) is 19.6 Å². The summed E-state index contributed by atoms with van der Waals surface area (Å²) in [5.74, 6) is 0.176. The first kappa shape index (κ1) is 14.8. The van der Waals surface area contributed by atoms with E-state index < -0.39 is 12.1 Å². The minimum Gasteiger partial charge on any atom is -0.457 e. The van der Waals surface area contributed by atoms with Crippen molar-refractivity contribution in [3.63, 3.8) is 0 Å². The lowest BCUT2D eigenvalue weighted by Gasteiger charge is -2.05. The topological polar surface area (TPSA) is 93.3 Å². The third-order valence-electron chi connectivity index (χ3n) is 2.68. The van der Waals surface area contributed by atoms with Gasteiger partial charge in [0.2, 0.25) is 0 Å². The standard InChI is InChI=1S/C14H17N3O4/c1-2-20-14(19)15-8-7-13(18)21-9-12-16-10-5-3-4-6-11(10)17-12/h3-6H,2,7-9H2,1H3,(H,15,19)(H,16,17). The van der Waals surface area contributed by atoms with Crippen molar-refractivity contribution in [2.24, 2.45) is 0 Å². The summed E-state index contributed by atoms with van der Waals surface area (Å²) >= 11 is 0. The van der Waals surface area contributed by atoms with E-state index in [1.165, 1.54) is 0 Å². The molecule has 1 aromatic carbocycles. The highest BCUT2D eigenvalue weighted by atomic mass is 16.5. The van der Waals surface area contributed by atoms with Crippen LogP contribution in [0.5, 0.6) is 0 Å². The van der Waals surface area contributed by atoms with Crippen LogP contribution in [0, 0.1) is 0 Å². The highest BCUT2D eigenvalue weighted by molar-refractivity contribution is 5.75. The first-order valence-electron chi connectivity index (χ1n) is 6.69. The molecular weight excluding hydrogens is 274 g/mol. The number of aromatic amines is 1. The molecule has 0 unspecified atom stereocenters. The number of para-hydroxylation sites is 2. The molecule has 1 heterocycles. The van der Waals surface area contributed by atoms with Crippen LogP contribution in [0.2, 0.25) is 0 Å². The van der Waals surface area contributed by atoms with E-state index in [2.05, 4.69) is 20.0 Å². The Morgan fingerprint density at radius 3 is 2.86 bits per heavy atom. The van der Waals surface area contributed by atoms with Gasteiger partial charge in [0.1, 0.15) is 12.4 Å². The highest BCUT2D eigenvalue weighted by Gasteiger charge is 2.08. The second-order valence-electron chi connectivity index (χ2n) is 4.26. The third-order valence-corrected chi connectivity index (χ3v) is 2.68. The Bertz CT molecular complexity index is 590. The lowest BCUT2D eigenvalue weighted by Crippen LogP contribution is -2.27. The van der Waals surface area contributed by atoms with E-state index in [1.54, 1.807) is 6.92 Å². The molecule has 2 N–H and O–H groups in total. The SMILES string of the molecule is CCOC(=O)NCCC(=O)OCc1nc2ccccc2[nH]1. The molecule has 2 aromatic rings. The number of fused-ring (bicyclic) bond motifs is 1. The summed E-state index contributed by atoms with van der Waals surface area (Å²) in [6.45, 7) is 2.26. The number of esters is 1. The molecule has 21 heavy (non-hydrogen) atoms. The van der Waals surface area contributed by atoms with Gasteiger partial charge in [0.05, 0.1) is 24.1 Å². The monoisotopic (exact) mass is 291 g/mol. The molecule has 0 aliphatic rings. The molecule has 0 fully saturated rings.